The lowest BCUT2D eigenvalue weighted by molar-refractivity contribution is -0.131. The number of hydrogen-bond donors (Lipinski definition) is 0. The van der Waals surface area contributed by atoms with Crippen LogP contribution in [0.5, 0.6) is 5.75 Å². The number of thiazole rings is 1. The van der Waals surface area contributed by atoms with E-state index in [0.29, 0.717) is 21.1 Å². The van der Waals surface area contributed by atoms with Crippen molar-refractivity contribution in [1.82, 2.24) is 14.6 Å². The van der Waals surface area contributed by atoms with Crippen LogP contribution in [0.4, 0.5) is 0 Å². The number of fused-ring (bicyclic) bond motifs is 1. The number of nitrogens with zero attached hydrogens (tertiary/aromatic N) is 3. The standard InChI is InChI=1S/C21H17N3O3S2/c1-12-9-15(10-13(2)19(12)27-14(3)25)11-17-20(26)24-21(29-17)22-18(23-24)7-6-16-5-4-8-28-16/h4-11H,1-3H3/b7-6+,17-11+. The molecular formula is C21H17N3O3S2. The van der Waals surface area contributed by atoms with Crippen molar-refractivity contribution in [1.29, 1.82) is 0 Å². The van der Waals surface area contributed by atoms with Gasteiger partial charge in [0, 0.05) is 11.8 Å². The van der Waals surface area contributed by atoms with E-state index in [2.05, 4.69) is 10.1 Å². The minimum atomic E-state index is -0.357. The first-order chi connectivity index (χ1) is 13.9. The molecular weight excluding hydrogens is 406 g/mol. The third-order valence-electron chi connectivity index (χ3n) is 4.16. The van der Waals surface area contributed by atoms with Crippen molar-refractivity contribution in [3.05, 3.63) is 71.9 Å². The van der Waals surface area contributed by atoms with Gasteiger partial charge in [-0.2, -0.15) is 9.50 Å². The normalized spacial score (nSPS) is 12.3. The summed E-state index contributed by atoms with van der Waals surface area (Å²) >= 11 is 2.92. The zero-order valence-electron chi connectivity index (χ0n) is 16.0. The fraction of sp³-hybridized carbons (Fsp3) is 0.143. The van der Waals surface area contributed by atoms with Gasteiger partial charge in [-0.3, -0.25) is 9.59 Å². The molecule has 0 saturated heterocycles. The quantitative estimate of drug-likeness (QED) is 0.371. The van der Waals surface area contributed by atoms with Crippen molar-refractivity contribution >= 4 is 51.8 Å². The topological polar surface area (TPSA) is 73.6 Å². The molecule has 0 saturated carbocycles. The van der Waals surface area contributed by atoms with Gasteiger partial charge in [-0.15, -0.1) is 16.4 Å². The highest BCUT2D eigenvalue weighted by atomic mass is 32.1. The van der Waals surface area contributed by atoms with Gasteiger partial charge in [-0.25, -0.2) is 0 Å². The molecule has 0 N–H and O–H groups in total. The molecule has 4 aromatic rings. The summed E-state index contributed by atoms with van der Waals surface area (Å²) < 4.78 is 7.14. The van der Waals surface area contributed by atoms with Crippen LogP contribution in [-0.2, 0) is 4.79 Å². The van der Waals surface area contributed by atoms with Crippen molar-refractivity contribution in [2.75, 3.05) is 0 Å². The van der Waals surface area contributed by atoms with Crippen LogP contribution in [0.3, 0.4) is 0 Å². The van der Waals surface area contributed by atoms with Gasteiger partial charge in [0.2, 0.25) is 4.96 Å². The van der Waals surface area contributed by atoms with Gasteiger partial charge in [0.15, 0.2) is 5.82 Å². The van der Waals surface area contributed by atoms with Crippen LogP contribution in [-0.4, -0.2) is 20.6 Å². The molecule has 0 amide bonds. The highest BCUT2D eigenvalue weighted by Crippen LogP contribution is 2.25. The summed E-state index contributed by atoms with van der Waals surface area (Å²) in [5.74, 6) is 0.705. The van der Waals surface area contributed by atoms with Crippen LogP contribution in [0.1, 0.15) is 34.3 Å². The number of carbonyl (C=O) groups is 1. The summed E-state index contributed by atoms with van der Waals surface area (Å²) in [6, 6.07) is 7.75. The fourth-order valence-electron chi connectivity index (χ4n) is 2.99. The second-order valence-corrected chi connectivity index (χ2v) is 8.49. The molecule has 29 heavy (non-hydrogen) atoms. The van der Waals surface area contributed by atoms with E-state index in [4.69, 9.17) is 4.74 Å². The SMILES string of the molecule is CC(=O)Oc1c(C)cc(/C=c2/sc3nc(/C=C/c4cccs4)nn3c2=O)cc1C. The number of carbonyl (C=O) groups excluding carboxylic acids is 1. The molecule has 0 bridgehead atoms. The summed E-state index contributed by atoms with van der Waals surface area (Å²) in [6.45, 7) is 5.12. The number of thiophene rings is 1. The van der Waals surface area contributed by atoms with Crippen LogP contribution in [0.15, 0.2) is 34.4 Å². The minimum Gasteiger partial charge on any atom is -0.426 e. The van der Waals surface area contributed by atoms with E-state index in [1.807, 2.05) is 55.6 Å². The molecule has 0 aliphatic rings. The van der Waals surface area contributed by atoms with E-state index in [1.165, 1.54) is 22.8 Å². The number of aromatic nitrogens is 3. The Bertz CT molecular complexity index is 1320. The van der Waals surface area contributed by atoms with Crippen LogP contribution >= 0.6 is 22.7 Å². The van der Waals surface area contributed by atoms with Crippen molar-refractivity contribution in [3.63, 3.8) is 0 Å². The second-order valence-electron chi connectivity index (χ2n) is 6.51. The molecule has 0 fully saturated rings. The van der Waals surface area contributed by atoms with Gasteiger partial charge in [0.25, 0.3) is 5.56 Å². The molecule has 0 aliphatic heterocycles. The van der Waals surface area contributed by atoms with Crippen molar-refractivity contribution < 1.29 is 9.53 Å². The summed E-state index contributed by atoms with van der Waals surface area (Å²) in [5, 5.41) is 6.30. The van der Waals surface area contributed by atoms with E-state index in [-0.39, 0.29) is 11.5 Å². The van der Waals surface area contributed by atoms with Crippen LogP contribution in [0.25, 0.3) is 23.2 Å². The van der Waals surface area contributed by atoms with E-state index in [1.54, 1.807) is 17.4 Å². The van der Waals surface area contributed by atoms with Gasteiger partial charge in [-0.1, -0.05) is 17.4 Å². The smallest absolute Gasteiger partial charge is 0.308 e. The zero-order valence-corrected chi connectivity index (χ0v) is 17.6. The zero-order chi connectivity index (χ0) is 20.5. The number of rotatable bonds is 4. The summed E-state index contributed by atoms with van der Waals surface area (Å²) in [4.78, 5) is 30.0. The first kappa shape index (κ1) is 19.2. The Morgan fingerprint density at radius 1 is 1.21 bits per heavy atom. The number of ether oxygens (including phenoxy) is 1. The Morgan fingerprint density at radius 2 is 1.97 bits per heavy atom. The third kappa shape index (κ3) is 4.03. The molecule has 0 aliphatic carbocycles. The fourth-order valence-corrected chi connectivity index (χ4v) is 4.52. The monoisotopic (exact) mass is 423 g/mol. The van der Waals surface area contributed by atoms with Gasteiger partial charge in [0.1, 0.15) is 5.75 Å². The number of esters is 1. The van der Waals surface area contributed by atoms with Gasteiger partial charge >= 0.3 is 5.97 Å². The Morgan fingerprint density at radius 3 is 2.59 bits per heavy atom. The molecule has 1 aromatic carbocycles. The first-order valence-electron chi connectivity index (χ1n) is 8.83. The van der Waals surface area contributed by atoms with Crippen LogP contribution in [0, 0.1) is 13.8 Å². The maximum absolute atomic E-state index is 12.7. The van der Waals surface area contributed by atoms with E-state index < -0.39 is 0 Å². The highest BCUT2D eigenvalue weighted by molar-refractivity contribution is 7.15. The largest absolute Gasteiger partial charge is 0.426 e. The van der Waals surface area contributed by atoms with Gasteiger partial charge in [0.05, 0.1) is 4.53 Å². The lowest BCUT2D eigenvalue weighted by Crippen LogP contribution is -2.23. The van der Waals surface area contributed by atoms with Crippen molar-refractivity contribution in [3.8, 4) is 5.75 Å². The molecule has 3 heterocycles. The summed E-state index contributed by atoms with van der Waals surface area (Å²) in [5.41, 5.74) is 2.32. The lowest BCUT2D eigenvalue weighted by atomic mass is 10.1. The number of benzene rings is 1. The molecule has 3 aromatic heterocycles. The average Bonchev–Trinajstić information content (AvgIpc) is 3.36. The third-order valence-corrected chi connectivity index (χ3v) is 5.96. The highest BCUT2D eigenvalue weighted by Gasteiger charge is 2.11. The Balaban J connectivity index is 1.68. The Hall–Kier alpha value is -3.10. The Kier molecular flexibility index (Phi) is 5.12. The van der Waals surface area contributed by atoms with Crippen molar-refractivity contribution in [2.24, 2.45) is 0 Å². The predicted octanol–water partition coefficient (Wildman–Crippen LogP) is 3.47. The summed E-state index contributed by atoms with van der Waals surface area (Å²) in [6.07, 6.45) is 5.54. The maximum atomic E-state index is 12.7. The van der Waals surface area contributed by atoms with E-state index in [9.17, 15) is 9.59 Å². The average molecular weight is 424 g/mol. The molecule has 0 radical (unpaired) electrons. The lowest BCUT2D eigenvalue weighted by Gasteiger charge is -2.10. The van der Waals surface area contributed by atoms with Gasteiger partial charge < -0.3 is 4.74 Å². The molecule has 8 heteroatoms. The summed E-state index contributed by atoms with van der Waals surface area (Å²) in [7, 11) is 0. The van der Waals surface area contributed by atoms with Crippen LogP contribution in [0.2, 0.25) is 0 Å². The predicted molar refractivity (Wildman–Crippen MR) is 116 cm³/mol. The minimum absolute atomic E-state index is 0.201. The van der Waals surface area contributed by atoms with Crippen LogP contribution < -0.4 is 14.8 Å². The molecule has 6 nitrogen and oxygen atoms in total. The number of aryl methyl sites for hydroxylation is 2. The molecule has 0 spiro atoms. The maximum Gasteiger partial charge on any atom is 0.308 e. The Labute approximate surface area is 174 Å². The number of hydrogen-bond acceptors (Lipinski definition) is 7. The molecule has 0 atom stereocenters. The first-order valence-corrected chi connectivity index (χ1v) is 10.5. The van der Waals surface area contributed by atoms with Gasteiger partial charge in [-0.05, 0) is 72.3 Å². The van der Waals surface area contributed by atoms with Crippen molar-refractivity contribution in [2.45, 2.75) is 20.8 Å². The molecule has 0 unspecified atom stereocenters. The van der Waals surface area contributed by atoms with E-state index >= 15 is 0 Å². The molecule has 146 valence electrons. The van der Waals surface area contributed by atoms with E-state index in [0.717, 1.165) is 21.6 Å². The molecule has 4 rings (SSSR count). The second kappa shape index (κ2) is 7.73.